The smallest absolute Gasteiger partial charge is 0.323 e. The molecule has 0 aliphatic rings. The minimum absolute atomic E-state index is 0.161. The normalized spacial score (nSPS) is 10.0. The number of anilines is 2. The molecule has 0 spiro atoms. The Kier molecular flexibility index (Phi) is 6.00. The SMILES string of the molecule is CCCNC(=O)c1cccc(NC(=O)Nc2cccc(Cl)c2)c1. The molecule has 5 nitrogen and oxygen atoms in total. The molecule has 0 saturated carbocycles. The van der Waals surface area contributed by atoms with E-state index >= 15 is 0 Å². The summed E-state index contributed by atoms with van der Waals surface area (Å²) in [6.07, 6.45) is 0.867. The van der Waals surface area contributed by atoms with Gasteiger partial charge in [0.05, 0.1) is 0 Å². The van der Waals surface area contributed by atoms with Gasteiger partial charge in [-0.25, -0.2) is 4.79 Å². The Labute approximate surface area is 140 Å². The van der Waals surface area contributed by atoms with Crippen molar-refractivity contribution in [2.45, 2.75) is 13.3 Å². The molecule has 120 valence electrons. The number of halogens is 1. The predicted octanol–water partition coefficient (Wildman–Crippen LogP) is 4.12. The fraction of sp³-hybridized carbons (Fsp3) is 0.176. The van der Waals surface area contributed by atoms with Gasteiger partial charge in [-0.2, -0.15) is 0 Å². The van der Waals surface area contributed by atoms with Gasteiger partial charge < -0.3 is 16.0 Å². The van der Waals surface area contributed by atoms with Crippen LogP contribution in [0.3, 0.4) is 0 Å². The summed E-state index contributed by atoms with van der Waals surface area (Å²) in [5.41, 5.74) is 1.62. The molecule has 0 fully saturated rings. The Balaban J connectivity index is 1.99. The Morgan fingerprint density at radius 3 is 2.30 bits per heavy atom. The first-order valence-corrected chi connectivity index (χ1v) is 7.68. The van der Waals surface area contributed by atoms with E-state index in [1.165, 1.54) is 0 Å². The van der Waals surface area contributed by atoms with Crippen LogP contribution in [-0.2, 0) is 0 Å². The molecular formula is C17H18ClN3O2. The van der Waals surface area contributed by atoms with Crippen molar-refractivity contribution in [1.29, 1.82) is 0 Å². The van der Waals surface area contributed by atoms with Gasteiger partial charge in [0, 0.05) is 28.5 Å². The minimum Gasteiger partial charge on any atom is -0.352 e. The average Bonchev–Trinajstić information content (AvgIpc) is 2.52. The molecule has 0 aliphatic carbocycles. The van der Waals surface area contributed by atoms with Crippen LogP contribution in [0.1, 0.15) is 23.7 Å². The monoisotopic (exact) mass is 331 g/mol. The summed E-state index contributed by atoms with van der Waals surface area (Å²) < 4.78 is 0. The van der Waals surface area contributed by atoms with Crippen LogP contribution in [0.2, 0.25) is 5.02 Å². The van der Waals surface area contributed by atoms with Gasteiger partial charge in [0.15, 0.2) is 0 Å². The van der Waals surface area contributed by atoms with E-state index in [0.717, 1.165) is 6.42 Å². The zero-order chi connectivity index (χ0) is 16.7. The molecule has 0 aliphatic heterocycles. The standard InChI is InChI=1S/C17H18ClN3O2/c1-2-9-19-16(22)12-5-3-7-14(10-12)20-17(23)21-15-8-4-6-13(18)11-15/h3-8,10-11H,2,9H2,1H3,(H,19,22)(H2,20,21,23). The van der Waals surface area contributed by atoms with Crippen LogP contribution < -0.4 is 16.0 Å². The molecule has 3 N–H and O–H groups in total. The number of carbonyl (C=O) groups is 2. The Morgan fingerprint density at radius 2 is 1.65 bits per heavy atom. The lowest BCUT2D eigenvalue weighted by Crippen LogP contribution is -2.24. The highest BCUT2D eigenvalue weighted by molar-refractivity contribution is 6.30. The van der Waals surface area contributed by atoms with E-state index < -0.39 is 6.03 Å². The van der Waals surface area contributed by atoms with Crippen LogP contribution in [-0.4, -0.2) is 18.5 Å². The maximum absolute atomic E-state index is 12.0. The average molecular weight is 332 g/mol. The third-order valence-corrected chi connectivity index (χ3v) is 3.24. The van der Waals surface area contributed by atoms with Gasteiger partial charge in [-0.05, 0) is 42.8 Å². The molecule has 0 saturated heterocycles. The predicted molar refractivity (Wildman–Crippen MR) is 93.2 cm³/mol. The van der Waals surface area contributed by atoms with Gasteiger partial charge in [-0.1, -0.05) is 30.7 Å². The van der Waals surface area contributed by atoms with E-state index in [2.05, 4.69) is 16.0 Å². The number of rotatable bonds is 5. The number of hydrogen-bond donors (Lipinski definition) is 3. The topological polar surface area (TPSA) is 70.2 Å². The molecule has 0 aromatic heterocycles. The number of amides is 3. The second kappa shape index (κ2) is 8.19. The lowest BCUT2D eigenvalue weighted by molar-refractivity contribution is 0.0953. The molecule has 3 amide bonds. The second-order valence-corrected chi connectivity index (χ2v) is 5.36. The molecule has 0 unspecified atom stereocenters. The first-order valence-electron chi connectivity index (χ1n) is 7.30. The van der Waals surface area contributed by atoms with Crippen molar-refractivity contribution in [2.24, 2.45) is 0 Å². The largest absolute Gasteiger partial charge is 0.352 e. The van der Waals surface area contributed by atoms with E-state index in [-0.39, 0.29) is 5.91 Å². The summed E-state index contributed by atoms with van der Waals surface area (Å²) in [5, 5.41) is 8.70. The zero-order valence-electron chi connectivity index (χ0n) is 12.7. The van der Waals surface area contributed by atoms with E-state index in [9.17, 15) is 9.59 Å². The summed E-state index contributed by atoms with van der Waals surface area (Å²) in [7, 11) is 0. The number of benzene rings is 2. The summed E-state index contributed by atoms with van der Waals surface area (Å²) in [6.45, 7) is 2.60. The third-order valence-electron chi connectivity index (χ3n) is 3.00. The number of nitrogens with one attached hydrogen (secondary N) is 3. The van der Waals surface area contributed by atoms with Crippen LogP contribution >= 0.6 is 11.6 Å². The van der Waals surface area contributed by atoms with Crippen molar-refractivity contribution < 1.29 is 9.59 Å². The van der Waals surface area contributed by atoms with Crippen LogP contribution in [0.4, 0.5) is 16.2 Å². The van der Waals surface area contributed by atoms with Crippen molar-refractivity contribution in [3.8, 4) is 0 Å². The lowest BCUT2D eigenvalue weighted by atomic mass is 10.2. The Morgan fingerprint density at radius 1 is 1.00 bits per heavy atom. The highest BCUT2D eigenvalue weighted by Gasteiger charge is 2.07. The molecule has 0 atom stereocenters. The van der Waals surface area contributed by atoms with Gasteiger partial charge in [0.25, 0.3) is 5.91 Å². The number of urea groups is 1. The maximum Gasteiger partial charge on any atom is 0.323 e. The molecule has 6 heteroatoms. The first kappa shape index (κ1) is 16.8. The number of carbonyl (C=O) groups excluding carboxylic acids is 2. The van der Waals surface area contributed by atoms with E-state index in [4.69, 9.17) is 11.6 Å². The van der Waals surface area contributed by atoms with Crippen LogP contribution in [0, 0.1) is 0 Å². The van der Waals surface area contributed by atoms with Crippen LogP contribution in [0.25, 0.3) is 0 Å². The van der Waals surface area contributed by atoms with Crippen molar-refractivity contribution >= 4 is 34.9 Å². The van der Waals surface area contributed by atoms with Crippen molar-refractivity contribution in [2.75, 3.05) is 17.2 Å². The molecule has 23 heavy (non-hydrogen) atoms. The van der Waals surface area contributed by atoms with Crippen LogP contribution in [0.5, 0.6) is 0 Å². The lowest BCUT2D eigenvalue weighted by Gasteiger charge is -2.09. The van der Waals surface area contributed by atoms with Gasteiger partial charge in [0.1, 0.15) is 0 Å². The molecular weight excluding hydrogens is 314 g/mol. The van der Waals surface area contributed by atoms with Gasteiger partial charge in [-0.3, -0.25) is 4.79 Å². The van der Waals surface area contributed by atoms with Crippen molar-refractivity contribution in [1.82, 2.24) is 5.32 Å². The van der Waals surface area contributed by atoms with Gasteiger partial charge >= 0.3 is 6.03 Å². The van der Waals surface area contributed by atoms with Gasteiger partial charge in [0.2, 0.25) is 0 Å². The fourth-order valence-corrected chi connectivity index (χ4v) is 2.13. The molecule has 0 bridgehead atoms. The van der Waals surface area contributed by atoms with E-state index in [1.54, 1.807) is 48.5 Å². The fourth-order valence-electron chi connectivity index (χ4n) is 1.94. The van der Waals surface area contributed by atoms with Gasteiger partial charge in [-0.15, -0.1) is 0 Å². The highest BCUT2D eigenvalue weighted by Crippen LogP contribution is 2.16. The Hall–Kier alpha value is -2.53. The quantitative estimate of drug-likeness (QED) is 0.771. The minimum atomic E-state index is -0.404. The van der Waals surface area contributed by atoms with Crippen molar-refractivity contribution in [3.05, 3.63) is 59.1 Å². The van der Waals surface area contributed by atoms with Crippen LogP contribution in [0.15, 0.2) is 48.5 Å². The highest BCUT2D eigenvalue weighted by atomic mass is 35.5. The number of hydrogen-bond acceptors (Lipinski definition) is 2. The maximum atomic E-state index is 12.0. The summed E-state index contributed by atoms with van der Waals surface area (Å²) >= 11 is 5.87. The summed E-state index contributed by atoms with van der Waals surface area (Å²) in [5.74, 6) is -0.161. The molecule has 0 radical (unpaired) electrons. The molecule has 2 aromatic carbocycles. The zero-order valence-corrected chi connectivity index (χ0v) is 13.5. The molecule has 0 heterocycles. The Bertz CT molecular complexity index is 704. The first-order chi connectivity index (χ1) is 11.1. The van der Waals surface area contributed by atoms with E-state index in [0.29, 0.717) is 28.5 Å². The summed E-state index contributed by atoms with van der Waals surface area (Å²) in [6, 6.07) is 13.2. The van der Waals surface area contributed by atoms with Crippen molar-refractivity contribution in [3.63, 3.8) is 0 Å². The second-order valence-electron chi connectivity index (χ2n) is 4.93. The summed E-state index contributed by atoms with van der Waals surface area (Å²) in [4.78, 5) is 23.9. The molecule has 2 rings (SSSR count). The molecule has 2 aromatic rings. The third kappa shape index (κ3) is 5.30. The van der Waals surface area contributed by atoms with E-state index in [1.807, 2.05) is 6.92 Å².